The SMILES string of the molecule is CNCC1(OC)C=CC(OC)O1. The first kappa shape index (κ1) is 9.67. The minimum absolute atomic E-state index is 0.293. The molecule has 1 rings (SSSR count). The Hall–Kier alpha value is -0.420. The maximum absolute atomic E-state index is 5.47. The van der Waals surface area contributed by atoms with Crippen molar-refractivity contribution in [2.75, 3.05) is 27.8 Å². The Morgan fingerprint density at radius 2 is 2.33 bits per heavy atom. The fourth-order valence-electron chi connectivity index (χ4n) is 1.16. The van der Waals surface area contributed by atoms with Gasteiger partial charge in [0.05, 0.1) is 6.54 Å². The Morgan fingerprint density at radius 1 is 1.58 bits per heavy atom. The molecular formula is C8H15NO3. The molecule has 0 bridgehead atoms. The van der Waals surface area contributed by atoms with Crippen LogP contribution in [0.15, 0.2) is 12.2 Å². The molecule has 0 fully saturated rings. The Balaban J connectivity index is 2.55. The minimum Gasteiger partial charge on any atom is -0.352 e. The second-order valence-electron chi connectivity index (χ2n) is 2.63. The van der Waals surface area contributed by atoms with Gasteiger partial charge in [-0.3, -0.25) is 0 Å². The van der Waals surface area contributed by atoms with Crippen molar-refractivity contribution in [1.29, 1.82) is 0 Å². The summed E-state index contributed by atoms with van der Waals surface area (Å²) in [6, 6.07) is 0. The molecule has 0 spiro atoms. The van der Waals surface area contributed by atoms with Crippen LogP contribution in [0, 0.1) is 0 Å². The van der Waals surface area contributed by atoms with Crippen LogP contribution in [0.5, 0.6) is 0 Å². The average Bonchev–Trinajstić information content (AvgIpc) is 2.50. The summed E-state index contributed by atoms with van der Waals surface area (Å²) >= 11 is 0. The molecule has 0 radical (unpaired) electrons. The van der Waals surface area contributed by atoms with Gasteiger partial charge in [0.1, 0.15) is 0 Å². The van der Waals surface area contributed by atoms with Gasteiger partial charge in [0.2, 0.25) is 5.79 Å². The van der Waals surface area contributed by atoms with Crippen LogP contribution in [0.1, 0.15) is 0 Å². The van der Waals surface area contributed by atoms with Gasteiger partial charge in [-0.05, 0) is 19.2 Å². The number of nitrogens with one attached hydrogen (secondary N) is 1. The van der Waals surface area contributed by atoms with Gasteiger partial charge in [-0.15, -0.1) is 0 Å². The van der Waals surface area contributed by atoms with Crippen LogP contribution in [0.2, 0.25) is 0 Å². The monoisotopic (exact) mass is 173 g/mol. The quantitative estimate of drug-likeness (QED) is 0.612. The predicted molar refractivity (Wildman–Crippen MR) is 44.7 cm³/mol. The fraction of sp³-hybridized carbons (Fsp3) is 0.750. The first-order chi connectivity index (χ1) is 5.76. The van der Waals surface area contributed by atoms with Crippen molar-refractivity contribution in [2.24, 2.45) is 0 Å². The molecule has 0 aliphatic carbocycles. The molecule has 1 heterocycles. The lowest BCUT2D eigenvalue weighted by Crippen LogP contribution is -2.41. The van der Waals surface area contributed by atoms with Crippen molar-refractivity contribution in [2.45, 2.75) is 12.1 Å². The zero-order chi connectivity index (χ0) is 9.03. The molecule has 2 unspecified atom stereocenters. The van der Waals surface area contributed by atoms with E-state index in [-0.39, 0.29) is 6.29 Å². The molecule has 12 heavy (non-hydrogen) atoms. The second-order valence-corrected chi connectivity index (χ2v) is 2.63. The van der Waals surface area contributed by atoms with Crippen molar-refractivity contribution in [3.8, 4) is 0 Å². The van der Waals surface area contributed by atoms with E-state index in [0.717, 1.165) is 0 Å². The third-order valence-corrected chi connectivity index (χ3v) is 1.82. The van der Waals surface area contributed by atoms with Gasteiger partial charge in [-0.25, -0.2) is 0 Å². The molecule has 1 aliphatic rings. The van der Waals surface area contributed by atoms with Gasteiger partial charge in [-0.2, -0.15) is 0 Å². The van der Waals surface area contributed by atoms with Crippen molar-refractivity contribution < 1.29 is 14.2 Å². The van der Waals surface area contributed by atoms with E-state index >= 15 is 0 Å². The van der Waals surface area contributed by atoms with Gasteiger partial charge in [0.25, 0.3) is 0 Å². The third kappa shape index (κ3) is 1.84. The fourth-order valence-corrected chi connectivity index (χ4v) is 1.16. The number of methoxy groups -OCH3 is 2. The molecule has 0 saturated carbocycles. The predicted octanol–water partition coefficient (Wildman–Crippen LogP) is 0.107. The van der Waals surface area contributed by atoms with Gasteiger partial charge in [-0.1, -0.05) is 0 Å². The summed E-state index contributed by atoms with van der Waals surface area (Å²) in [6.07, 6.45) is 3.40. The van der Waals surface area contributed by atoms with Crippen molar-refractivity contribution in [3.05, 3.63) is 12.2 Å². The Bertz CT molecular complexity index is 172. The van der Waals surface area contributed by atoms with Crippen LogP contribution < -0.4 is 5.32 Å². The van der Waals surface area contributed by atoms with Crippen LogP contribution in [-0.4, -0.2) is 39.9 Å². The highest BCUT2D eigenvalue weighted by Crippen LogP contribution is 2.23. The number of rotatable bonds is 4. The van der Waals surface area contributed by atoms with E-state index in [2.05, 4.69) is 5.32 Å². The molecule has 4 heteroatoms. The minimum atomic E-state index is -0.657. The van der Waals surface area contributed by atoms with Crippen LogP contribution in [-0.2, 0) is 14.2 Å². The molecule has 4 nitrogen and oxygen atoms in total. The first-order valence-electron chi connectivity index (χ1n) is 3.86. The summed E-state index contributed by atoms with van der Waals surface area (Å²) in [5.41, 5.74) is 0. The standard InChI is InChI=1S/C8H15NO3/c1-9-6-8(11-3)5-4-7(10-2)12-8/h4-5,7,9H,6H2,1-3H3. The first-order valence-corrected chi connectivity index (χ1v) is 3.86. The topological polar surface area (TPSA) is 39.7 Å². The number of likely N-dealkylation sites (N-methyl/N-ethyl adjacent to an activating group) is 1. The highest BCUT2D eigenvalue weighted by Gasteiger charge is 2.34. The van der Waals surface area contributed by atoms with Crippen molar-refractivity contribution in [1.82, 2.24) is 5.32 Å². The van der Waals surface area contributed by atoms with Crippen LogP contribution in [0.4, 0.5) is 0 Å². The summed E-state index contributed by atoms with van der Waals surface area (Å²) in [6.45, 7) is 0.611. The van der Waals surface area contributed by atoms with E-state index in [4.69, 9.17) is 14.2 Å². The van der Waals surface area contributed by atoms with E-state index < -0.39 is 5.79 Å². The van der Waals surface area contributed by atoms with Gasteiger partial charge in [0, 0.05) is 14.2 Å². The summed E-state index contributed by atoms with van der Waals surface area (Å²) in [5.74, 6) is -0.657. The molecule has 2 atom stereocenters. The number of hydrogen-bond donors (Lipinski definition) is 1. The van der Waals surface area contributed by atoms with E-state index in [1.807, 2.05) is 19.2 Å². The maximum Gasteiger partial charge on any atom is 0.203 e. The largest absolute Gasteiger partial charge is 0.352 e. The maximum atomic E-state index is 5.47. The van der Waals surface area contributed by atoms with Crippen LogP contribution >= 0.6 is 0 Å². The highest BCUT2D eigenvalue weighted by atomic mass is 16.8. The lowest BCUT2D eigenvalue weighted by atomic mass is 10.3. The van der Waals surface area contributed by atoms with Crippen molar-refractivity contribution >= 4 is 0 Å². The Morgan fingerprint density at radius 3 is 2.75 bits per heavy atom. The highest BCUT2D eigenvalue weighted by molar-refractivity contribution is 5.05. The van der Waals surface area contributed by atoms with E-state index in [1.54, 1.807) is 14.2 Å². The Kier molecular flexibility index (Phi) is 3.22. The second kappa shape index (κ2) is 4.00. The zero-order valence-corrected chi connectivity index (χ0v) is 7.66. The Labute approximate surface area is 72.5 Å². The summed E-state index contributed by atoms with van der Waals surface area (Å²) < 4.78 is 15.7. The summed E-state index contributed by atoms with van der Waals surface area (Å²) in [7, 11) is 5.05. The van der Waals surface area contributed by atoms with E-state index in [0.29, 0.717) is 6.54 Å². The zero-order valence-electron chi connectivity index (χ0n) is 7.66. The lowest BCUT2D eigenvalue weighted by Gasteiger charge is -2.26. The molecule has 0 amide bonds. The molecule has 70 valence electrons. The van der Waals surface area contributed by atoms with Crippen molar-refractivity contribution in [3.63, 3.8) is 0 Å². The molecular weight excluding hydrogens is 158 g/mol. The lowest BCUT2D eigenvalue weighted by molar-refractivity contribution is -0.238. The van der Waals surface area contributed by atoms with Gasteiger partial charge >= 0.3 is 0 Å². The average molecular weight is 173 g/mol. The van der Waals surface area contributed by atoms with E-state index in [9.17, 15) is 0 Å². The molecule has 1 aliphatic heterocycles. The molecule has 0 aromatic carbocycles. The number of ether oxygens (including phenoxy) is 3. The summed E-state index contributed by atoms with van der Waals surface area (Å²) in [5, 5.41) is 2.99. The van der Waals surface area contributed by atoms with Gasteiger partial charge in [0.15, 0.2) is 6.29 Å². The number of hydrogen-bond acceptors (Lipinski definition) is 4. The summed E-state index contributed by atoms with van der Waals surface area (Å²) in [4.78, 5) is 0. The third-order valence-electron chi connectivity index (χ3n) is 1.82. The molecule has 0 saturated heterocycles. The van der Waals surface area contributed by atoms with Crippen LogP contribution in [0.25, 0.3) is 0 Å². The molecule has 0 aromatic rings. The normalized spacial score (nSPS) is 34.4. The van der Waals surface area contributed by atoms with Gasteiger partial charge < -0.3 is 19.5 Å². The smallest absolute Gasteiger partial charge is 0.203 e. The van der Waals surface area contributed by atoms with E-state index in [1.165, 1.54) is 0 Å². The molecule has 0 aromatic heterocycles. The van der Waals surface area contributed by atoms with Crippen LogP contribution in [0.3, 0.4) is 0 Å². The molecule has 1 N–H and O–H groups in total.